The first-order valence-electron chi connectivity index (χ1n) is 10.1. The van der Waals surface area contributed by atoms with Crippen LogP contribution < -0.4 is 10.6 Å². The number of anilines is 1. The molecule has 7 heteroatoms. The second-order valence-corrected chi connectivity index (χ2v) is 7.85. The first-order valence-corrected chi connectivity index (χ1v) is 10.1. The Labute approximate surface area is 168 Å². The molecule has 29 heavy (non-hydrogen) atoms. The Balaban J connectivity index is 1.31. The van der Waals surface area contributed by atoms with Gasteiger partial charge in [-0.05, 0) is 55.7 Å². The van der Waals surface area contributed by atoms with Crippen LogP contribution >= 0.6 is 0 Å². The fraction of sp³-hybridized carbons (Fsp3) is 0.318. The number of hydrogen-bond acceptors (Lipinski definition) is 4. The van der Waals surface area contributed by atoms with Gasteiger partial charge in [0.1, 0.15) is 0 Å². The lowest BCUT2D eigenvalue weighted by molar-refractivity contribution is 0.0748. The number of hydrogen-bond donors (Lipinski definition) is 3. The van der Waals surface area contributed by atoms with Gasteiger partial charge < -0.3 is 20.5 Å². The second kappa shape index (κ2) is 7.33. The number of fused-ring (bicyclic) bond motifs is 3. The minimum atomic E-state index is -0.220. The average molecular weight is 389 g/mol. The van der Waals surface area contributed by atoms with Gasteiger partial charge in [0, 0.05) is 42.0 Å². The summed E-state index contributed by atoms with van der Waals surface area (Å²) in [7, 11) is 0. The summed E-state index contributed by atoms with van der Waals surface area (Å²) >= 11 is 0. The third-order valence-corrected chi connectivity index (χ3v) is 5.86. The van der Waals surface area contributed by atoms with Crippen LogP contribution in [0.3, 0.4) is 0 Å². The van der Waals surface area contributed by atoms with E-state index in [-0.39, 0.29) is 11.8 Å². The van der Waals surface area contributed by atoms with Gasteiger partial charge in [-0.2, -0.15) is 0 Å². The van der Waals surface area contributed by atoms with Gasteiger partial charge in [-0.3, -0.25) is 9.59 Å². The van der Waals surface area contributed by atoms with Crippen molar-refractivity contribution in [3.05, 3.63) is 59.9 Å². The van der Waals surface area contributed by atoms with Crippen LogP contribution in [0.1, 0.15) is 40.0 Å². The molecule has 2 fully saturated rings. The molecular formula is C22H23N5O2. The van der Waals surface area contributed by atoms with Gasteiger partial charge in [0.2, 0.25) is 0 Å². The zero-order chi connectivity index (χ0) is 19.8. The van der Waals surface area contributed by atoms with Crippen LogP contribution in [0, 0.1) is 0 Å². The van der Waals surface area contributed by atoms with Gasteiger partial charge in [0.15, 0.2) is 0 Å². The molecule has 2 saturated heterocycles. The number of nitrogens with zero attached hydrogens (tertiary/aromatic N) is 2. The highest BCUT2D eigenvalue weighted by Crippen LogP contribution is 2.22. The van der Waals surface area contributed by atoms with Crippen LogP contribution in [0.5, 0.6) is 0 Å². The number of amides is 2. The van der Waals surface area contributed by atoms with E-state index in [0.29, 0.717) is 28.9 Å². The Morgan fingerprint density at radius 3 is 2.86 bits per heavy atom. The van der Waals surface area contributed by atoms with Crippen LogP contribution in [0.4, 0.5) is 5.69 Å². The molecular weight excluding hydrogens is 366 g/mol. The van der Waals surface area contributed by atoms with Crippen molar-refractivity contribution in [3.63, 3.8) is 0 Å². The molecule has 2 atom stereocenters. The largest absolute Gasteiger partial charge is 0.345 e. The first-order chi connectivity index (χ1) is 14.2. The van der Waals surface area contributed by atoms with Crippen molar-refractivity contribution in [1.29, 1.82) is 0 Å². The van der Waals surface area contributed by atoms with Crippen LogP contribution in [0.15, 0.2) is 48.8 Å². The van der Waals surface area contributed by atoms with Crippen LogP contribution in [-0.4, -0.2) is 51.9 Å². The second-order valence-electron chi connectivity index (χ2n) is 7.85. The molecule has 0 radical (unpaired) electrons. The molecule has 5 rings (SSSR count). The minimum absolute atomic E-state index is 0.0225. The van der Waals surface area contributed by atoms with E-state index in [2.05, 4.69) is 20.6 Å². The van der Waals surface area contributed by atoms with Gasteiger partial charge in [0.25, 0.3) is 11.8 Å². The third-order valence-electron chi connectivity index (χ3n) is 5.86. The van der Waals surface area contributed by atoms with E-state index in [1.807, 2.05) is 23.1 Å². The minimum Gasteiger partial charge on any atom is -0.345 e. The van der Waals surface area contributed by atoms with Crippen molar-refractivity contribution in [2.75, 3.05) is 18.4 Å². The fourth-order valence-corrected chi connectivity index (χ4v) is 4.32. The van der Waals surface area contributed by atoms with Crippen molar-refractivity contribution in [3.8, 4) is 0 Å². The van der Waals surface area contributed by atoms with Crippen LogP contribution in [0.2, 0.25) is 0 Å². The summed E-state index contributed by atoms with van der Waals surface area (Å²) in [6, 6.07) is 13.4. The smallest absolute Gasteiger partial charge is 0.255 e. The molecule has 1 aromatic heterocycles. The summed E-state index contributed by atoms with van der Waals surface area (Å²) in [4.78, 5) is 34.8. The highest BCUT2D eigenvalue weighted by molar-refractivity contribution is 6.06. The Morgan fingerprint density at radius 1 is 1.03 bits per heavy atom. The summed E-state index contributed by atoms with van der Waals surface area (Å²) in [5.41, 5.74) is 3.37. The highest BCUT2D eigenvalue weighted by atomic mass is 16.2. The number of likely N-dealkylation sites (tertiary alicyclic amines) is 1. The number of nitrogens with one attached hydrogen (secondary N) is 3. The van der Waals surface area contributed by atoms with Gasteiger partial charge in [-0.15, -0.1) is 0 Å². The lowest BCUT2D eigenvalue weighted by atomic mass is 10.1. The number of aromatic nitrogens is 2. The molecule has 3 N–H and O–H groups in total. The maximum absolute atomic E-state index is 13.0. The normalized spacial score (nSPS) is 21.2. The SMILES string of the molecule is O=C(Nc1cccc(C(=O)N2CCC3CCC(C2)N3)c1)c1ccc2nc[nH]c2c1. The summed E-state index contributed by atoms with van der Waals surface area (Å²) in [5.74, 6) is -0.197. The van der Waals surface area contributed by atoms with Crippen LogP contribution in [0.25, 0.3) is 11.0 Å². The van der Waals surface area contributed by atoms with Crippen molar-refractivity contribution >= 4 is 28.5 Å². The lowest BCUT2D eigenvalue weighted by Gasteiger charge is -2.24. The zero-order valence-corrected chi connectivity index (χ0v) is 16.0. The highest BCUT2D eigenvalue weighted by Gasteiger charge is 2.31. The van der Waals surface area contributed by atoms with Gasteiger partial charge in [-0.25, -0.2) is 4.98 Å². The Kier molecular flexibility index (Phi) is 4.52. The van der Waals surface area contributed by atoms with E-state index in [4.69, 9.17) is 0 Å². The summed E-state index contributed by atoms with van der Waals surface area (Å²) in [6.07, 6.45) is 4.93. The van der Waals surface area contributed by atoms with Crippen molar-refractivity contribution in [2.45, 2.75) is 31.3 Å². The average Bonchev–Trinajstić information content (AvgIpc) is 3.33. The molecule has 2 bridgehead atoms. The number of carbonyl (C=O) groups is 2. The van der Waals surface area contributed by atoms with E-state index in [0.717, 1.165) is 37.0 Å². The maximum Gasteiger partial charge on any atom is 0.255 e. The van der Waals surface area contributed by atoms with Crippen molar-refractivity contribution in [1.82, 2.24) is 20.2 Å². The molecule has 2 aliphatic rings. The molecule has 2 aliphatic heterocycles. The monoisotopic (exact) mass is 389 g/mol. The summed E-state index contributed by atoms with van der Waals surface area (Å²) in [6.45, 7) is 1.52. The zero-order valence-electron chi connectivity index (χ0n) is 16.0. The standard InChI is InChI=1S/C22H23N5O2/c28-21(14-4-7-19-20(11-14)24-13-23-19)26-17-3-1-2-15(10-17)22(29)27-9-8-16-5-6-18(12-27)25-16/h1-4,7,10-11,13,16,18,25H,5-6,8-9,12H2,(H,23,24)(H,26,28). The predicted molar refractivity (Wildman–Crippen MR) is 111 cm³/mol. The van der Waals surface area contributed by atoms with Gasteiger partial charge in [0.05, 0.1) is 17.4 Å². The predicted octanol–water partition coefficient (Wildman–Crippen LogP) is 2.78. The fourth-order valence-electron chi connectivity index (χ4n) is 4.32. The molecule has 2 aromatic carbocycles. The Morgan fingerprint density at radius 2 is 1.93 bits per heavy atom. The number of H-pyrrole nitrogens is 1. The Hall–Kier alpha value is -3.19. The van der Waals surface area contributed by atoms with Crippen molar-refractivity contribution < 1.29 is 9.59 Å². The maximum atomic E-state index is 13.0. The summed E-state index contributed by atoms with van der Waals surface area (Å²) in [5, 5.41) is 6.49. The van der Waals surface area contributed by atoms with Crippen molar-refractivity contribution in [2.24, 2.45) is 0 Å². The molecule has 3 aromatic rings. The molecule has 148 valence electrons. The number of carbonyl (C=O) groups excluding carboxylic acids is 2. The van der Waals surface area contributed by atoms with E-state index >= 15 is 0 Å². The number of rotatable bonds is 3. The molecule has 3 heterocycles. The number of imidazole rings is 1. The van der Waals surface area contributed by atoms with E-state index < -0.39 is 0 Å². The molecule has 0 saturated carbocycles. The quantitative estimate of drug-likeness (QED) is 0.643. The molecule has 7 nitrogen and oxygen atoms in total. The van der Waals surface area contributed by atoms with E-state index in [1.165, 1.54) is 6.42 Å². The first kappa shape index (κ1) is 17.9. The molecule has 2 unspecified atom stereocenters. The van der Waals surface area contributed by atoms with Gasteiger partial charge >= 0.3 is 0 Å². The third kappa shape index (κ3) is 3.61. The molecule has 0 aliphatic carbocycles. The van der Waals surface area contributed by atoms with E-state index in [1.54, 1.807) is 30.6 Å². The number of benzene rings is 2. The Bertz CT molecular complexity index is 1080. The van der Waals surface area contributed by atoms with E-state index in [9.17, 15) is 9.59 Å². The summed E-state index contributed by atoms with van der Waals surface area (Å²) < 4.78 is 0. The topological polar surface area (TPSA) is 90.1 Å². The number of aromatic amines is 1. The lowest BCUT2D eigenvalue weighted by Crippen LogP contribution is -2.39. The molecule has 0 spiro atoms. The molecule has 2 amide bonds. The van der Waals surface area contributed by atoms with Crippen LogP contribution in [-0.2, 0) is 0 Å². The van der Waals surface area contributed by atoms with Gasteiger partial charge in [-0.1, -0.05) is 6.07 Å².